The Morgan fingerprint density at radius 3 is 2.79 bits per heavy atom. The third-order valence-corrected chi connectivity index (χ3v) is 3.31. The number of thiophene rings is 1. The second-order valence-corrected chi connectivity index (χ2v) is 4.54. The fraction of sp³-hybridized carbons (Fsp3) is 0.0833. The maximum atomic E-state index is 13.5. The lowest BCUT2D eigenvalue weighted by Gasteiger charge is -2.08. The van der Waals surface area contributed by atoms with Gasteiger partial charge < -0.3 is 15.8 Å². The molecule has 0 spiro atoms. The Morgan fingerprint density at radius 1 is 1.42 bits per heavy atom. The van der Waals surface area contributed by atoms with E-state index in [1.54, 1.807) is 5.38 Å². The Labute approximate surface area is 111 Å². The molecule has 0 aliphatic heterocycles. The van der Waals surface area contributed by atoms with Crippen LogP contribution in [-0.4, -0.2) is 13.0 Å². The second-order valence-electron chi connectivity index (χ2n) is 3.63. The number of halogens is 2. The molecule has 0 saturated carbocycles. The maximum Gasteiger partial charge on any atom is 0.266 e. The number of hydrogen-bond acceptors (Lipinski definition) is 4. The van der Waals surface area contributed by atoms with Gasteiger partial charge in [0.25, 0.3) is 5.91 Å². The molecule has 0 fully saturated rings. The van der Waals surface area contributed by atoms with Crippen molar-refractivity contribution in [2.24, 2.45) is 0 Å². The summed E-state index contributed by atoms with van der Waals surface area (Å²) >= 11 is 1.12. The SMILES string of the molecule is COc1csc(C(=O)Nc2c(N)ccc(F)c2F)c1. The first-order valence-corrected chi connectivity index (χ1v) is 6.08. The zero-order valence-corrected chi connectivity index (χ0v) is 10.7. The van der Waals surface area contributed by atoms with Crippen LogP contribution in [0.1, 0.15) is 9.67 Å². The van der Waals surface area contributed by atoms with Crippen molar-refractivity contribution in [2.75, 3.05) is 18.2 Å². The number of carbonyl (C=O) groups excluding carboxylic acids is 1. The van der Waals surface area contributed by atoms with Gasteiger partial charge in [0.15, 0.2) is 11.6 Å². The average Bonchev–Trinajstić information content (AvgIpc) is 2.88. The first-order valence-electron chi connectivity index (χ1n) is 5.20. The molecular formula is C12H10F2N2O2S. The summed E-state index contributed by atoms with van der Waals surface area (Å²) in [6.45, 7) is 0. The number of benzene rings is 1. The van der Waals surface area contributed by atoms with Gasteiger partial charge >= 0.3 is 0 Å². The van der Waals surface area contributed by atoms with E-state index >= 15 is 0 Å². The van der Waals surface area contributed by atoms with Crippen molar-refractivity contribution >= 4 is 28.6 Å². The fourth-order valence-corrected chi connectivity index (χ4v) is 2.16. The number of nitrogens with one attached hydrogen (secondary N) is 1. The van der Waals surface area contributed by atoms with E-state index in [-0.39, 0.29) is 11.4 Å². The molecular weight excluding hydrogens is 274 g/mol. The van der Waals surface area contributed by atoms with E-state index < -0.39 is 17.5 Å². The van der Waals surface area contributed by atoms with Gasteiger partial charge in [-0.2, -0.15) is 0 Å². The molecule has 1 heterocycles. The van der Waals surface area contributed by atoms with Crippen LogP contribution in [0, 0.1) is 11.6 Å². The van der Waals surface area contributed by atoms with E-state index in [1.807, 2.05) is 0 Å². The minimum atomic E-state index is -1.18. The first-order chi connectivity index (χ1) is 9.02. The summed E-state index contributed by atoms with van der Waals surface area (Å²) in [7, 11) is 1.47. The van der Waals surface area contributed by atoms with Crippen molar-refractivity contribution < 1.29 is 18.3 Å². The highest BCUT2D eigenvalue weighted by Crippen LogP contribution is 2.27. The Hall–Kier alpha value is -2.15. The molecule has 0 atom stereocenters. The van der Waals surface area contributed by atoms with Gasteiger partial charge in [-0.1, -0.05) is 0 Å². The van der Waals surface area contributed by atoms with Crippen molar-refractivity contribution in [3.63, 3.8) is 0 Å². The highest BCUT2D eigenvalue weighted by atomic mass is 32.1. The van der Waals surface area contributed by atoms with E-state index in [0.717, 1.165) is 17.4 Å². The molecule has 100 valence electrons. The number of hydrogen-bond donors (Lipinski definition) is 2. The van der Waals surface area contributed by atoms with E-state index in [1.165, 1.54) is 19.2 Å². The van der Waals surface area contributed by atoms with E-state index in [9.17, 15) is 13.6 Å². The summed E-state index contributed by atoms with van der Waals surface area (Å²) in [4.78, 5) is 12.2. The van der Waals surface area contributed by atoms with Gasteiger partial charge in [-0.05, 0) is 12.1 Å². The number of amides is 1. The molecule has 7 heteroatoms. The van der Waals surface area contributed by atoms with Crippen LogP contribution < -0.4 is 15.8 Å². The lowest BCUT2D eigenvalue weighted by atomic mass is 10.2. The fourth-order valence-electron chi connectivity index (χ4n) is 1.41. The van der Waals surface area contributed by atoms with Crippen LogP contribution in [0.4, 0.5) is 20.2 Å². The summed E-state index contributed by atoms with van der Waals surface area (Å²) < 4.78 is 31.5. The quantitative estimate of drug-likeness (QED) is 0.852. The van der Waals surface area contributed by atoms with Gasteiger partial charge in [0.1, 0.15) is 11.4 Å². The summed E-state index contributed by atoms with van der Waals surface area (Å²) in [5.74, 6) is -2.32. The van der Waals surface area contributed by atoms with Crippen LogP contribution in [-0.2, 0) is 0 Å². The summed E-state index contributed by atoms with van der Waals surface area (Å²) in [5, 5.41) is 3.87. The van der Waals surface area contributed by atoms with Gasteiger partial charge in [0.2, 0.25) is 0 Å². The Bertz CT molecular complexity index is 628. The van der Waals surface area contributed by atoms with Crippen LogP contribution in [0.25, 0.3) is 0 Å². The minimum absolute atomic E-state index is 0.0456. The second kappa shape index (κ2) is 5.23. The summed E-state index contributed by atoms with van der Waals surface area (Å²) in [6, 6.07) is 3.57. The maximum absolute atomic E-state index is 13.5. The van der Waals surface area contributed by atoms with Gasteiger partial charge in [0, 0.05) is 11.4 Å². The van der Waals surface area contributed by atoms with Crippen molar-refractivity contribution in [2.45, 2.75) is 0 Å². The first kappa shape index (κ1) is 13.3. The van der Waals surface area contributed by atoms with Crippen LogP contribution in [0.15, 0.2) is 23.6 Å². The van der Waals surface area contributed by atoms with Gasteiger partial charge in [0.05, 0.1) is 17.7 Å². The highest BCUT2D eigenvalue weighted by Gasteiger charge is 2.16. The molecule has 0 aliphatic rings. The largest absolute Gasteiger partial charge is 0.496 e. The molecule has 0 saturated heterocycles. The third kappa shape index (κ3) is 2.65. The monoisotopic (exact) mass is 284 g/mol. The third-order valence-electron chi connectivity index (χ3n) is 2.40. The number of nitrogen functional groups attached to an aromatic ring is 1. The van der Waals surface area contributed by atoms with Crippen LogP contribution in [0.5, 0.6) is 5.75 Å². The Balaban J connectivity index is 2.26. The number of methoxy groups -OCH3 is 1. The predicted octanol–water partition coefficient (Wildman–Crippen LogP) is 2.87. The highest BCUT2D eigenvalue weighted by molar-refractivity contribution is 7.12. The molecule has 1 aromatic carbocycles. The molecule has 0 aliphatic carbocycles. The van der Waals surface area contributed by atoms with Crippen LogP contribution in [0.2, 0.25) is 0 Å². The van der Waals surface area contributed by atoms with Crippen LogP contribution in [0.3, 0.4) is 0 Å². The molecule has 2 aromatic rings. The molecule has 0 unspecified atom stereocenters. The zero-order valence-electron chi connectivity index (χ0n) is 9.87. The number of carbonyl (C=O) groups is 1. The van der Waals surface area contributed by atoms with Gasteiger partial charge in [-0.15, -0.1) is 11.3 Å². The number of rotatable bonds is 3. The standard InChI is InChI=1S/C12H10F2N2O2S/c1-18-6-4-9(19-5-6)12(17)16-11-8(15)3-2-7(13)10(11)14/h2-5H,15H2,1H3,(H,16,17). The molecule has 1 amide bonds. The van der Waals surface area contributed by atoms with Crippen molar-refractivity contribution in [3.05, 3.63) is 40.1 Å². The smallest absolute Gasteiger partial charge is 0.266 e. The van der Waals surface area contributed by atoms with Crippen molar-refractivity contribution in [1.82, 2.24) is 0 Å². The molecule has 19 heavy (non-hydrogen) atoms. The lowest BCUT2D eigenvalue weighted by molar-refractivity contribution is 0.103. The van der Waals surface area contributed by atoms with Crippen LogP contribution >= 0.6 is 11.3 Å². The number of anilines is 2. The molecule has 4 nitrogen and oxygen atoms in total. The summed E-state index contributed by atoms with van der Waals surface area (Å²) in [6.07, 6.45) is 0. The van der Waals surface area contributed by atoms with E-state index in [0.29, 0.717) is 10.6 Å². The number of nitrogens with two attached hydrogens (primary N) is 1. The van der Waals surface area contributed by atoms with E-state index in [2.05, 4.69) is 5.32 Å². The Morgan fingerprint density at radius 2 is 2.16 bits per heavy atom. The van der Waals surface area contributed by atoms with Gasteiger partial charge in [-0.25, -0.2) is 8.78 Å². The number of ether oxygens (including phenoxy) is 1. The topological polar surface area (TPSA) is 64.3 Å². The van der Waals surface area contributed by atoms with Gasteiger partial charge in [-0.3, -0.25) is 4.79 Å². The van der Waals surface area contributed by atoms with E-state index in [4.69, 9.17) is 10.5 Å². The molecule has 3 N–H and O–H groups in total. The molecule has 1 aromatic heterocycles. The minimum Gasteiger partial charge on any atom is -0.496 e. The zero-order chi connectivity index (χ0) is 14.0. The normalized spacial score (nSPS) is 10.3. The van der Waals surface area contributed by atoms with Crippen molar-refractivity contribution in [1.29, 1.82) is 0 Å². The molecule has 0 radical (unpaired) electrons. The Kier molecular flexibility index (Phi) is 3.66. The summed E-state index contributed by atoms with van der Waals surface area (Å²) in [5.41, 5.74) is 5.10. The predicted molar refractivity (Wildman–Crippen MR) is 69.6 cm³/mol. The molecule has 2 rings (SSSR count). The lowest BCUT2D eigenvalue weighted by Crippen LogP contribution is -2.13. The van der Waals surface area contributed by atoms with Crippen molar-refractivity contribution in [3.8, 4) is 5.75 Å². The molecule has 0 bridgehead atoms. The average molecular weight is 284 g/mol.